The van der Waals surface area contributed by atoms with E-state index < -0.39 is 85.0 Å². The Morgan fingerprint density at radius 3 is 2.23 bits per heavy atom. The van der Waals surface area contributed by atoms with Gasteiger partial charge in [0.05, 0.1) is 19.3 Å². The third-order valence-electron chi connectivity index (χ3n) is 5.58. The van der Waals surface area contributed by atoms with E-state index in [1.165, 1.54) is 31.2 Å². The fraction of sp³-hybridized carbons (Fsp3) is 0.450. The van der Waals surface area contributed by atoms with Crippen LogP contribution in [0.4, 0.5) is 13.2 Å². The number of phosphoric ester groups is 2. The molecule has 1 aromatic carbocycles. The number of hydrogen-bond acceptors (Lipinski definition) is 15. The molecule has 2 aromatic rings. The van der Waals surface area contributed by atoms with Crippen LogP contribution in [0.2, 0.25) is 0 Å². The van der Waals surface area contributed by atoms with Crippen molar-refractivity contribution in [3.63, 3.8) is 0 Å². The van der Waals surface area contributed by atoms with Gasteiger partial charge in [0, 0.05) is 24.7 Å². The molecule has 3 unspecified atom stereocenters. The zero-order valence-corrected chi connectivity index (χ0v) is 24.7. The van der Waals surface area contributed by atoms with Crippen molar-refractivity contribution in [2.45, 2.75) is 51.1 Å². The van der Waals surface area contributed by atoms with Gasteiger partial charge in [-0.3, -0.25) is 32.8 Å². The maximum atomic E-state index is 12.2. The number of ether oxygens (including phenoxy) is 1. The summed E-state index contributed by atoms with van der Waals surface area (Å²) in [6.45, 7) is -1.04. The second-order valence-electron chi connectivity index (χ2n) is 8.98. The van der Waals surface area contributed by atoms with Gasteiger partial charge in [-0.2, -0.15) is 13.2 Å². The molecule has 1 amide bonds. The number of aromatic nitrogens is 2. The van der Waals surface area contributed by atoms with Gasteiger partial charge in [0.15, 0.2) is 0 Å². The third-order valence-corrected chi connectivity index (χ3v) is 9.69. The summed E-state index contributed by atoms with van der Waals surface area (Å²) < 4.78 is 95.0. The molecule has 3 rings (SSSR count). The number of carbonyl (C=O) groups is 1. The molecule has 1 aliphatic heterocycles. The number of benzene rings is 1. The van der Waals surface area contributed by atoms with Gasteiger partial charge in [0.25, 0.3) is 29.0 Å². The lowest BCUT2D eigenvalue weighted by atomic mass is 10.1. The molecule has 3 N–H and O–H groups in total. The molecule has 1 aliphatic rings. The van der Waals surface area contributed by atoms with Gasteiger partial charge in [0.1, 0.15) is 12.3 Å². The average Bonchev–Trinajstić information content (AvgIpc) is 3.25. The number of H-pyrrole nitrogens is 1. The lowest BCUT2D eigenvalue weighted by Gasteiger charge is -2.34. The van der Waals surface area contributed by atoms with Crippen LogP contribution in [-0.2, 0) is 54.0 Å². The maximum absolute atomic E-state index is 12.2. The molecule has 246 valence electrons. The Morgan fingerprint density at radius 1 is 1.07 bits per heavy atom. The smallest absolute Gasteiger partial charge is 0.471 e. The van der Waals surface area contributed by atoms with Gasteiger partial charge in [-0.05, 0) is 18.1 Å². The number of rotatable bonds is 13. The quantitative estimate of drug-likeness (QED) is 0.220. The third kappa shape index (κ3) is 10.5. The number of nitrogens with one attached hydrogen (secondary N) is 2. The van der Waals surface area contributed by atoms with Crippen molar-refractivity contribution >= 4 is 29.4 Å². The van der Waals surface area contributed by atoms with E-state index in [1.54, 1.807) is 5.32 Å². The number of amides is 1. The molecular formula is C20H22F3N3O15P3-3. The molecule has 0 radical (unpaired) electrons. The van der Waals surface area contributed by atoms with Crippen LogP contribution in [0, 0.1) is 6.92 Å². The van der Waals surface area contributed by atoms with Crippen LogP contribution >= 0.6 is 23.5 Å². The van der Waals surface area contributed by atoms with E-state index in [0.29, 0.717) is 0 Å². The molecule has 44 heavy (non-hydrogen) atoms. The Morgan fingerprint density at radius 2 is 1.64 bits per heavy atom. The van der Waals surface area contributed by atoms with E-state index in [0.717, 1.165) is 10.8 Å². The van der Waals surface area contributed by atoms with Crippen LogP contribution in [0.25, 0.3) is 0 Å². The molecule has 1 fully saturated rings. The predicted octanol–water partition coefficient (Wildman–Crippen LogP) is -0.656. The first-order valence-corrected chi connectivity index (χ1v) is 16.3. The number of nitrogens with zero attached hydrogens (tertiary/aromatic N) is 1. The number of carbonyl (C=O) groups excluding carboxylic acids is 1. The Hall–Kier alpha value is -2.51. The Kier molecular flexibility index (Phi) is 11.3. The van der Waals surface area contributed by atoms with Crippen LogP contribution in [-0.4, -0.2) is 45.6 Å². The fourth-order valence-electron chi connectivity index (χ4n) is 3.50. The lowest BCUT2D eigenvalue weighted by Crippen LogP contribution is -2.36. The Balaban J connectivity index is 1.50. The summed E-state index contributed by atoms with van der Waals surface area (Å²) in [5.74, 6) is -2.18. The van der Waals surface area contributed by atoms with Crippen molar-refractivity contribution < 1.29 is 73.9 Å². The Labute approximate surface area is 244 Å². The normalized spacial score (nSPS) is 23.0. The molecule has 1 aromatic heterocycles. The van der Waals surface area contributed by atoms with Crippen LogP contribution in [0.3, 0.4) is 0 Å². The minimum absolute atomic E-state index is 0.0442. The van der Waals surface area contributed by atoms with E-state index in [-0.39, 0.29) is 23.1 Å². The van der Waals surface area contributed by atoms with E-state index >= 15 is 0 Å². The van der Waals surface area contributed by atoms with Crippen molar-refractivity contribution in [3.8, 4) is 0 Å². The standard InChI is InChI=1S/C20H25F3N3O15P3/c1-11-8-26(19(30)25-17(11)28)16-6-14(27)15(39-16)10-38-43(33,34)41-44(35,36)40-42(31,32)37-9-13-4-2-12(3-5-13)7-24-18(29)20(21,22)23/h2-5,8,14-16,27H,6-7,9-10H2,1H3,(H,24,29)(H,31,32)(H,33,34)(H,35,36)(H,25,28,30)/p-3/t14-,15-,16-/m1/s1. The van der Waals surface area contributed by atoms with Crippen molar-refractivity contribution in [1.82, 2.24) is 14.9 Å². The number of aliphatic hydroxyl groups is 1. The summed E-state index contributed by atoms with van der Waals surface area (Å²) in [6.07, 6.45) is -8.27. The van der Waals surface area contributed by atoms with Gasteiger partial charge >= 0.3 is 17.8 Å². The van der Waals surface area contributed by atoms with Crippen LogP contribution in [0.15, 0.2) is 40.1 Å². The molecule has 24 heteroatoms. The summed E-state index contributed by atoms with van der Waals surface area (Å²) in [5.41, 5.74) is -1.21. The van der Waals surface area contributed by atoms with E-state index in [9.17, 15) is 61.0 Å². The second kappa shape index (κ2) is 13.9. The monoisotopic (exact) mass is 694 g/mol. The summed E-state index contributed by atoms with van der Waals surface area (Å²) >= 11 is 0. The number of phosphoric acid groups is 3. The zero-order chi connectivity index (χ0) is 33.1. The zero-order valence-electron chi connectivity index (χ0n) is 22.0. The topological polar surface area (TPSA) is 271 Å². The van der Waals surface area contributed by atoms with Crippen molar-refractivity contribution in [2.75, 3.05) is 6.61 Å². The molecule has 0 saturated carbocycles. The minimum atomic E-state index is -6.22. The average molecular weight is 694 g/mol. The molecular weight excluding hydrogens is 672 g/mol. The van der Waals surface area contributed by atoms with Crippen LogP contribution in [0.5, 0.6) is 0 Å². The first-order chi connectivity index (χ1) is 20.2. The molecule has 0 aliphatic carbocycles. The molecule has 2 heterocycles. The highest BCUT2D eigenvalue weighted by Crippen LogP contribution is 2.63. The first kappa shape index (κ1) is 36.0. The lowest BCUT2D eigenvalue weighted by molar-refractivity contribution is -0.252. The number of aromatic amines is 1. The van der Waals surface area contributed by atoms with Gasteiger partial charge in [-0.25, -0.2) is 13.4 Å². The highest BCUT2D eigenvalue weighted by atomic mass is 31.3. The summed E-state index contributed by atoms with van der Waals surface area (Å²) in [5, 5.41) is 11.8. The van der Waals surface area contributed by atoms with Crippen LogP contribution in [0.1, 0.15) is 29.3 Å². The van der Waals surface area contributed by atoms with E-state index in [1.807, 2.05) is 4.98 Å². The SMILES string of the molecule is Cc1cn([C@H]2C[C@@H](O)[C@@H](COP(=O)([O-])OP(=O)([O-])OP(=O)([O-])OCc3ccc(CNC(=O)C(F)(F)F)cc3)O2)c(=O)[nH]c1=O. The molecule has 1 saturated heterocycles. The largest absolute Gasteiger partial charge is 0.756 e. The van der Waals surface area contributed by atoms with Crippen molar-refractivity contribution in [2.24, 2.45) is 0 Å². The van der Waals surface area contributed by atoms with Crippen molar-refractivity contribution in [1.29, 1.82) is 0 Å². The maximum Gasteiger partial charge on any atom is 0.471 e. The van der Waals surface area contributed by atoms with Crippen LogP contribution < -0.4 is 31.2 Å². The molecule has 18 nitrogen and oxygen atoms in total. The van der Waals surface area contributed by atoms with Crippen molar-refractivity contribution in [3.05, 3.63) is 68.0 Å². The van der Waals surface area contributed by atoms with Gasteiger partial charge < -0.3 is 38.9 Å². The molecule has 0 spiro atoms. The first-order valence-electron chi connectivity index (χ1n) is 11.9. The number of alkyl halides is 3. The number of aliphatic hydroxyl groups excluding tert-OH is 1. The predicted molar refractivity (Wildman–Crippen MR) is 131 cm³/mol. The number of aryl methyl sites for hydroxylation is 1. The van der Waals surface area contributed by atoms with Gasteiger partial charge in [0.2, 0.25) is 0 Å². The van der Waals surface area contributed by atoms with Gasteiger partial charge in [-0.1, -0.05) is 24.3 Å². The highest BCUT2D eigenvalue weighted by molar-refractivity contribution is 7.65. The minimum Gasteiger partial charge on any atom is -0.756 e. The summed E-state index contributed by atoms with van der Waals surface area (Å²) in [7, 11) is -17.9. The number of hydrogen-bond donors (Lipinski definition) is 3. The van der Waals surface area contributed by atoms with E-state index in [2.05, 4.69) is 17.7 Å². The fourth-order valence-corrected chi connectivity index (χ4v) is 6.86. The Bertz CT molecular complexity index is 1610. The summed E-state index contributed by atoms with van der Waals surface area (Å²) in [4.78, 5) is 72.3. The second-order valence-corrected chi connectivity index (χ2v) is 13.5. The molecule has 6 atom stereocenters. The van der Waals surface area contributed by atoms with Gasteiger partial charge in [-0.15, -0.1) is 0 Å². The number of halogens is 3. The van der Waals surface area contributed by atoms with E-state index in [4.69, 9.17) is 4.74 Å². The highest BCUT2D eigenvalue weighted by Gasteiger charge is 2.38. The molecule has 0 bridgehead atoms. The summed E-state index contributed by atoms with van der Waals surface area (Å²) in [6, 6.07) is 4.74.